The van der Waals surface area contributed by atoms with E-state index in [1.165, 1.54) is 4.68 Å². The molecule has 0 aliphatic heterocycles. The Labute approximate surface area is 157 Å². The molecule has 0 bridgehead atoms. The molecule has 8 heteroatoms. The fourth-order valence-electron chi connectivity index (χ4n) is 1.96. The van der Waals surface area contributed by atoms with E-state index in [0.29, 0.717) is 30.7 Å². The third kappa shape index (κ3) is 4.18. The highest BCUT2D eigenvalue weighted by atomic mass is 79.9. The highest BCUT2D eigenvalue weighted by molar-refractivity contribution is 9.13. The Kier molecular flexibility index (Phi) is 6.44. The van der Waals surface area contributed by atoms with Gasteiger partial charge in [-0.05, 0) is 51.8 Å². The van der Waals surface area contributed by atoms with Crippen LogP contribution in [0.1, 0.15) is 18.2 Å². The van der Waals surface area contributed by atoms with Crippen molar-refractivity contribution in [3.63, 3.8) is 0 Å². The van der Waals surface area contributed by atoms with Gasteiger partial charge in [-0.2, -0.15) is 5.10 Å². The van der Waals surface area contributed by atoms with Crippen LogP contribution in [0.15, 0.2) is 39.0 Å². The average molecular weight is 458 g/mol. The van der Waals surface area contributed by atoms with Gasteiger partial charge in [-0.25, -0.2) is 9.66 Å². The SMILES string of the molecule is C=CCOc1c(OCC)cc(C=Nn2cc(C)nc2N)c(Br)c1Br. The van der Waals surface area contributed by atoms with E-state index < -0.39 is 0 Å². The summed E-state index contributed by atoms with van der Waals surface area (Å²) in [5.74, 6) is 1.55. The zero-order chi connectivity index (χ0) is 17.7. The quantitative estimate of drug-likeness (QED) is 0.500. The fourth-order valence-corrected chi connectivity index (χ4v) is 2.89. The summed E-state index contributed by atoms with van der Waals surface area (Å²) < 4.78 is 14.4. The number of nitrogens with two attached hydrogens (primary N) is 1. The third-order valence-corrected chi connectivity index (χ3v) is 5.10. The third-order valence-electron chi connectivity index (χ3n) is 2.96. The monoisotopic (exact) mass is 456 g/mol. The van der Waals surface area contributed by atoms with Crippen LogP contribution in [0.5, 0.6) is 11.5 Å². The van der Waals surface area contributed by atoms with E-state index in [0.717, 1.165) is 20.2 Å². The predicted molar refractivity (Wildman–Crippen MR) is 103 cm³/mol. The molecule has 1 aromatic heterocycles. The molecule has 0 saturated carbocycles. The van der Waals surface area contributed by atoms with Gasteiger partial charge in [-0.15, -0.1) is 0 Å². The van der Waals surface area contributed by atoms with Gasteiger partial charge in [0.05, 0.1) is 29.2 Å². The molecular weight excluding hydrogens is 440 g/mol. The molecule has 2 rings (SSSR count). The van der Waals surface area contributed by atoms with Crippen molar-refractivity contribution in [1.29, 1.82) is 0 Å². The first kappa shape index (κ1) is 18.5. The van der Waals surface area contributed by atoms with Crippen LogP contribution in [-0.4, -0.2) is 29.1 Å². The number of hydrogen-bond donors (Lipinski definition) is 1. The van der Waals surface area contributed by atoms with E-state index in [1.807, 2.05) is 19.9 Å². The van der Waals surface area contributed by atoms with Crippen molar-refractivity contribution in [2.24, 2.45) is 5.10 Å². The predicted octanol–water partition coefficient (Wildman–Crippen LogP) is 4.14. The van der Waals surface area contributed by atoms with E-state index in [-0.39, 0.29) is 0 Å². The highest BCUT2D eigenvalue weighted by Crippen LogP contribution is 2.42. The first-order valence-corrected chi connectivity index (χ1v) is 8.80. The van der Waals surface area contributed by atoms with Crippen molar-refractivity contribution >= 4 is 44.0 Å². The smallest absolute Gasteiger partial charge is 0.221 e. The van der Waals surface area contributed by atoms with Crippen LogP contribution in [0.2, 0.25) is 0 Å². The molecule has 2 aromatic rings. The number of rotatable bonds is 7. The molecule has 0 atom stereocenters. The van der Waals surface area contributed by atoms with Crippen molar-refractivity contribution in [3.05, 3.63) is 45.1 Å². The van der Waals surface area contributed by atoms with E-state index in [2.05, 4.69) is 48.5 Å². The van der Waals surface area contributed by atoms with Crippen molar-refractivity contribution in [2.45, 2.75) is 13.8 Å². The van der Waals surface area contributed by atoms with Gasteiger partial charge in [0, 0.05) is 10.0 Å². The largest absolute Gasteiger partial charge is 0.490 e. The second kappa shape index (κ2) is 8.34. The summed E-state index contributed by atoms with van der Waals surface area (Å²) >= 11 is 7.09. The maximum Gasteiger partial charge on any atom is 0.221 e. The highest BCUT2D eigenvalue weighted by Gasteiger charge is 2.16. The number of imidazole rings is 1. The maximum absolute atomic E-state index is 5.79. The van der Waals surface area contributed by atoms with E-state index in [4.69, 9.17) is 15.2 Å². The van der Waals surface area contributed by atoms with Gasteiger partial charge in [0.1, 0.15) is 6.61 Å². The van der Waals surface area contributed by atoms with Crippen LogP contribution < -0.4 is 15.2 Å². The normalized spacial score (nSPS) is 11.0. The molecule has 0 unspecified atom stereocenters. The Hall–Kier alpha value is -1.80. The molecular formula is C16H18Br2N4O2. The lowest BCUT2D eigenvalue weighted by molar-refractivity contribution is 0.295. The van der Waals surface area contributed by atoms with E-state index >= 15 is 0 Å². The van der Waals surface area contributed by atoms with Crippen LogP contribution >= 0.6 is 31.9 Å². The second-order valence-electron chi connectivity index (χ2n) is 4.78. The van der Waals surface area contributed by atoms with Gasteiger partial charge in [-0.3, -0.25) is 0 Å². The summed E-state index contributed by atoms with van der Waals surface area (Å²) in [6, 6.07) is 1.85. The zero-order valence-electron chi connectivity index (χ0n) is 13.4. The minimum absolute atomic E-state index is 0.329. The lowest BCUT2D eigenvalue weighted by Gasteiger charge is -2.15. The van der Waals surface area contributed by atoms with E-state index in [9.17, 15) is 0 Å². The van der Waals surface area contributed by atoms with Crippen LogP contribution in [0.25, 0.3) is 0 Å². The molecule has 1 aromatic carbocycles. The minimum Gasteiger partial charge on any atom is -0.490 e. The number of nitrogen functional groups attached to an aromatic ring is 1. The summed E-state index contributed by atoms with van der Waals surface area (Å²) in [7, 11) is 0. The number of ether oxygens (including phenoxy) is 2. The van der Waals surface area contributed by atoms with Crippen molar-refractivity contribution in [1.82, 2.24) is 9.66 Å². The summed E-state index contributed by atoms with van der Waals surface area (Å²) in [5, 5.41) is 4.33. The first-order valence-electron chi connectivity index (χ1n) is 7.22. The molecule has 128 valence electrons. The molecule has 0 aliphatic rings. The maximum atomic E-state index is 5.79. The minimum atomic E-state index is 0.329. The molecule has 0 amide bonds. The number of benzene rings is 1. The second-order valence-corrected chi connectivity index (χ2v) is 6.37. The number of anilines is 1. The van der Waals surface area contributed by atoms with Crippen LogP contribution in [0, 0.1) is 6.92 Å². The van der Waals surface area contributed by atoms with Crippen LogP contribution in [-0.2, 0) is 0 Å². The molecule has 0 aliphatic carbocycles. The van der Waals surface area contributed by atoms with Gasteiger partial charge >= 0.3 is 0 Å². The lowest BCUT2D eigenvalue weighted by atomic mass is 10.2. The number of aromatic nitrogens is 2. The Balaban J connectivity index is 2.42. The van der Waals surface area contributed by atoms with Gasteiger partial charge in [0.2, 0.25) is 5.95 Å². The molecule has 0 spiro atoms. The lowest BCUT2D eigenvalue weighted by Crippen LogP contribution is -2.02. The summed E-state index contributed by atoms with van der Waals surface area (Å²) in [5.41, 5.74) is 7.40. The average Bonchev–Trinajstić information content (AvgIpc) is 2.87. The molecule has 2 N–H and O–H groups in total. The molecule has 1 heterocycles. The molecule has 24 heavy (non-hydrogen) atoms. The molecule has 0 saturated heterocycles. The van der Waals surface area contributed by atoms with Crippen molar-refractivity contribution in [3.8, 4) is 11.5 Å². The standard InChI is InChI=1S/C16H18Br2N4O2/c1-4-6-24-15-12(23-5-2)7-11(13(17)14(15)18)8-20-22-9-10(3)21-16(22)19/h4,7-9H,1,5-6H2,2-3H3,(H2,19,21). The van der Waals surface area contributed by atoms with Crippen molar-refractivity contribution in [2.75, 3.05) is 18.9 Å². The van der Waals surface area contributed by atoms with E-state index in [1.54, 1.807) is 18.5 Å². The Morgan fingerprint density at radius 2 is 2.12 bits per heavy atom. The van der Waals surface area contributed by atoms with Gasteiger partial charge in [0.15, 0.2) is 11.5 Å². The number of halogens is 2. The zero-order valence-corrected chi connectivity index (χ0v) is 16.6. The molecule has 0 fully saturated rings. The number of hydrogen-bond acceptors (Lipinski definition) is 5. The van der Waals surface area contributed by atoms with Gasteiger partial charge in [0.25, 0.3) is 0 Å². The molecule has 6 nitrogen and oxygen atoms in total. The number of aryl methyl sites for hydroxylation is 1. The van der Waals surface area contributed by atoms with Crippen molar-refractivity contribution < 1.29 is 9.47 Å². The fraction of sp³-hybridized carbons (Fsp3) is 0.250. The van der Waals surface area contributed by atoms with Gasteiger partial charge in [-0.1, -0.05) is 12.7 Å². The summed E-state index contributed by atoms with van der Waals surface area (Å²) in [6.45, 7) is 8.32. The van der Waals surface area contributed by atoms with Crippen LogP contribution in [0.4, 0.5) is 5.95 Å². The topological polar surface area (TPSA) is 74.7 Å². The Morgan fingerprint density at radius 1 is 1.38 bits per heavy atom. The Bertz CT molecular complexity index is 772. The van der Waals surface area contributed by atoms with Gasteiger partial charge < -0.3 is 15.2 Å². The molecule has 0 radical (unpaired) electrons. The first-order chi connectivity index (χ1) is 11.5. The Morgan fingerprint density at radius 3 is 2.71 bits per heavy atom. The summed E-state index contributed by atoms with van der Waals surface area (Å²) in [4.78, 5) is 4.11. The summed E-state index contributed by atoms with van der Waals surface area (Å²) in [6.07, 6.45) is 5.10. The number of nitrogens with zero attached hydrogens (tertiary/aromatic N) is 3. The van der Waals surface area contributed by atoms with Crippen LogP contribution in [0.3, 0.4) is 0 Å².